The van der Waals surface area contributed by atoms with Gasteiger partial charge in [-0.05, 0) is 18.8 Å². The maximum Gasteiger partial charge on any atom is 0.0781 e. The number of hydrogen-bond donors (Lipinski definition) is 0. The third kappa shape index (κ3) is 16.3. The van der Waals surface area contributed by atoms with E-state index in [-0.39, 0.29) is 6.10 Å². The van der Waals surface area contributed by atoms with Gasteiger partial charge in [-0.2, -0.15) is 0 Å². The Balaban J connectivity index is 3.42. The largest absolute Gasteiger partial charge is 0.379 e. The van der Waals surface area contributed by atoms with Gasteiger partial charge in [0.15, 0.2) is 0 Å². The van der Waals surface area contributed by atoms with Gasteiger partial charge in [0.1, 0.15) is 0 Å². The molecule has 0 spiro atoms. The van der Waals surface area contributed by atoms with Gasteiger partial charge in [-0.3, -0.25) is 0 Å². The molecule has 0 saturated carbocycles. The maximum absolute atomic E-state index is 5.70. The molecule has 0 aliphatic carbocycles. The smallest absolute Gasteiger partial charge is 0.0781 e. The van der Waals surface area contributed by atoms with Crippen LogP contribution in [0.5, 0.6) is 0 Å². The van der Waals surface area contributed by atoms with Crippen LogP contribution in [-0.4, -0.2) is 47.2 Å². The van der Waals surface area contributed by atoms with Crippen molar-refractivity contribution in [2.45, 2.75) is 65.9 Å². The van der Waals surface area contributed by atoms with Gasteiger partial charge in [-0.1, -0.05) is 52.9 Å². The zero-order valence-electron chi connectivity index (χ0n) is 15.4. The summed E-state index contributed by atoms with van der Waals surface area (Å²) in [5, 5.41) is 0. The molecule has 0 aliphatic heterocycles. The lowest BCUT2D eigenvalue weighted by Gasteiger charge is -2.19. The molecule has 4 heteroatoms. The van der Waals surface area contributed by atoms with Gasteiger partial charge >= 0.3 is 0 Å². The SMILES string of the molecule is CC(C)COCC(C)OCCOCC(C)CC[Si](C)(C)C. The third-order valence-corrected chi connectivity index (χ3v) is 5.01. The molecule has 0 aromatic rings. The molecule has 2 unspecified atom stereocenters. The zero-order valence-corrected chi connectivity index (χ0v) is 16.4. The van der Waals surface area contributed by atoms with Crippen LogP contribution in [0.2, 0.25) is 25.7 Å². The topological polar surface area (TPSA) is 27.7 Å². The fourth-order valence-corrected chi connectivity index (χ4v) is 3.23. The van der Waals surface area contributed by atoms with E-state index in [2.05, 4.69) is 47.3 Å². The Labute approximate surface area is 133 Å². The first-order chi connectivity index (χ1) is 9.70. The van der Waals surface area contributed by atoms with E-state index < -0.39 is 8.07 Å². The van der Waals surface area contributed by atoms with Crippen molar-refractivity contribution in [1.82, 2.24) is 0 Å². The molecular formula is C17H38O3Si. The van der Waals surface area contributed by atoms with E-state index in [0.717, 1.165) is 13.2 Å². The molecule has 128 valence electrons. The number of rotatable bonds is 13. The quantitative estimate of drug-likeness (QED) is 0.371. The van der Waals surface area contributed by atoms with Crippen molar-refractivity contribution < 1.29 is 14.2 Å². The van der Waals surface area contributed by atoms with Crippen molar-refractivity contribution in [3.8, 4) is 0 Å². The highest BCUT2D eigenvalue weighted by molar-refractivity contribution is 6.76. The van der Waals surface area contributed by atoms with Crippen molar-refractivity contribution in [3.05, 3.63) is 0 Å². The summed E-state index contributed by atoms with van der Waals surface area (Å²) >= 11 is 0. The Morgan fingerprint density at radius 3 is 2.05 bits per heavy atom. The molecule has 0 N–H and O–H groups in total. The Kier molecular flexibility index (Phi) is 11.7. The predicted octanol–water partition coefficient (Wildman–Crippen LogP) is 4.45. The summed E-state index contributed by atoms with van der Waals surface area (Å²) in [6.45, 7) is 19.6. The van der Waals surface area contributed by atoms with E-state index in [1.807, 2.05) is 0 Å². The van der Waals surface area contributed by atoms with Crippen LogP contribution in [0.15, 0.2) is 0 Å². The lowest BCUT2D eigenvalue weighted by molar-refractivity contribution is -0.0367. The predicted molar refractivity (Wildman–Crippen MR) is 93.8 cm³/mol. The second kappa shape index (κ2) is 11.6. The minimum absolute atomic E-state index is 0.150. The molecule has 0 rings (SSSR count). The van der Waals surface area contributed by atoms with Gasteiger partial charge in [0.05, 0.1) is 25.9 Å². The van der Waals surface area contributed by atoms with Gasteiger partial charge in [0.2, 0.25) is 0 Å². The third-order valence-electron chi connectivity index (χ3n) is 3.22. The average Bonchev–Trinajstić information content (AvgIpc) is 2.34. The van der Waals surface area contributed by atoms with E-state index in [4.69, 9.17) is 14.2 Å². The summed E-state index contributed by atoms with van der Waals surface area (Å²) in [5.41, 5.74) is 0. The average molecular weight is 319 g/mol. The molecule has 0 bridgehead atoms. The first kappa shape index (κ1) is 21.1. The molecule has 0 amide bonds. The van der Waals surface area contributed by atoms with Gasteiger partial charge in [0.25, 0.3) is 0 Å². The Bertz CT molecular complexity index is 239. The van der Waals surface area contributed by atoms with Crippen LogP contribution in [0.3, 0.4) is 0 Å². The Morgan fingerprint density at radius 2 is 1.48 bits per heavy atom. The molecule has 0 aromatic carbocycles. The van der Waals surface area contributed by atoms with E-state index in [1.54, 1.807) is 0 Å². The van der Waals surface area contributed by atoms with Crippen LogP contribution in [0, 0.1) is 11.8 Å². The highest BCUT2D eigenvalue weighted by Crippen LogP contribution is 2.16. The molecular weight excluding hydrogens is 280 g/mol. The molecule has 0 radical (unpaired) electrons. The van der Waals surface area contributed by atoms with Gasteiger partial charge < -0.3 is 14.2 Å². The van der Waals surface area contributed by atoms with Crippen LogP contribution >= 0.6 is 0 Å². The van der Waals surface area contributed by atoms with E-state index in [0.29, 0.717) is 31.7 Å². The molecule has 0 aliphatic rings. The van der Waals surface area contributed by atoms with E-state index in [1.165, 1.54) is 12.5 Å². The van der Waals surface area contributed by atoms with Crippen molar-refractivity contribution in [2.75, 3.05) is 33.0 Å². The van der Waals surface area contributed by atoms with Crippen LogP contribution in [-0.2, 0) is 14.2 Å². The highest BCUT2D eigenvalue weighted by atomic mass is 28.3. The molecule has 0 saturated heterocycles. The van der Waals surface area contributed by atoms with Crippen LogP contribution < -0.4 is 0 Å². The molecule has 3 nitrogen and oxygen atoms in total. The second-order valence-electron chi connectivity index (χ2n) is 7.89. The van der Waals surface area contributed by atoms with Crippen molar-refractivity contribution in [3.63, 3.8) is 0 Å². The summed E-state index contributed by atoms with van der Waals surface area (Å²) in [4.78, 5) is 0. The minimum Gasteiger partial charge on any atom is -0.379 e. The normalized spacial score (nSPS) is 15.4. The fraction of sp³-hybridized carbons (Fsp3) is 1.00. The Morgan fingerprint density at radius 1 is 0.810 bits per heavy atom. The van der Waals surface area contributed by atoms with Crippen LogP contribution in [0.25, 0.3) is 0 Å². The van der Waals surface area contributed by atoms with Gasteiger partial charge in [0, 0.05) is 21.3 Å². The highest BCUT2D eigenvalue weighted by Gasteiger charge is 2.14. The van der Waals surface area contributed by atoms with Crippen molar-refractivity contribution in [1.29, 1.82) is 0 Å². The second-order valence-corrected chi connectivity index (χ2v) is 13.5. The summed E-state index contributed by atoms with van der Waals surface area (Å²) in [6, 6.07) is 1.39. The first-order valence-corrected chi connectivity index (χ1v) is 12.2. The zero-order chi connectivity index (χ0) is 16.3. The molecule has 0 aromatic heterocycles. The molecule has 0 heterocycles. The number of hydrogen-bond acceptors (Lipinski definition) is 3. The van der Waals surface area contributed by atoms with Gasteiger partial charge in [-0.25, -0.2) is 0 Å². The lowest BCUT2D eigenvalue weighted by Crippen LogP contribution is -2.22. The minimum atomic E-state index is -0.905. The molecule has 21 heavy (non-hydrogen) atoms. The van der Waals surface area contributed by atoms with Crippen LogP contribution in [0.4, 0.5) is 0 Å². The summed E-state index contributed by atoms with van der Waals surface area (Å²) in [5.74, 6) is 1.24. The molecule has 0 fully saturated rings. The first-order valence-electron chi connectivity index (χ1n) is 8.48. The lowest BCUT2D eigenvalue weighted by atomic mass is 10.1. The summed E-state index contributed by atoms with van der Waals surface area (Å²) in [6.07, 6.45) is 1.44. The maximum atomic E-state index is 5.70. The molecule has 2 atom stereocenters. The summed E-state index contributed by atoms with van der Waals surface area (Å²) < 4.78 is 16.9. The number of ether oxygens (including phenoxy) is 3. The van der Waals surface area contributed by atoms with E-state index in [9.17, 15) is 0 Å². The van der Waals surface area contributed by atoms with Crippen molar-refractivity contribution in [2.24, 2.45) is 11.8 Å². The van der Waals surface area contributed by atoms with Crippen molar-refractivity contribution >= 4 is 8.07 Å². The Hall–Kier alpha value is 0.0969. The standard InChI is InChI=1S/C17H38O3Si/c1-15(2)12-19-14-17(4)20-10-9-18-13-16(3)8-11-21(5,6)7/h15-17H,8-14H2,1-7H3. The fourth-order valence-electron chi connectivity index (χ4n) is 1.87. The monoisotopic (exact) mass is 318 g/mol. The van der Waals surface area contributed by atoms with E-state index >= 15 is 0 Å². The van der Waals surface area contributed by atoms with Gasteiger partial charge in [-0.15, -0.1) is 0 Å². The summed E-state index contributed by atoms with van der Waals surface area (Å²) in [7, 11) is -0.905. The van der Waals surface area contributed by atoms with Crippen LogP contribution in [0.1, 0.15) is 34.1 Å².